The summed E-state index contributed by atoms with van der Waals surface area (Å²) in [5, 5.41) is 7.61. The van der Waals surface area contributed by atoms with Crippen molar-refractivity contribution >= 4 is 17.0 Å². The smallest absolute Gasteiger partial charge is 0.108 e. The molecule has 4 unspecified atom stereocenters. The van der Waals surface area contributed by atoms with Crippen LogP contribution in [0.25, 0.3) is 27.8 Å². The molecule has 4 aromatic rings. The van der Waals surface area contributed by atoms with Gasteiger partial charge in [-0.25, -0.2) is 0 Å². The van der Waals surface area contributed by atoms with Gasteiger partial charge in [0, 0.05) is 22.7 Å². The van der Waals surface area contributed by atoms with Crippen molar-refractivity contribution in [3.05, 3.63) is 156 Å². The van der Waals surface area contributed by atoms with Gasteiger partial charge in [-0.3, -0.25) is 4.99 Å². The van der Waals surface area contributed by atoms with Gasteiger partial charge in [-0.2, -0.15) is 0 Å². The highest BCUT2D eigenvalue weighted by Gasteiger charge is 2.45. The van der Waals surface area contributed by atoms with Crippen LogP contribution >= 0.6 is 0 Å². The molecule has 4 aliphatic rings. The van der Waals surface area contributed by atoms with Crippen molar-refractivity contribution in [2.75, 3.05) is 12.0 Å². The van der Waals surface area contributed by atoms with Crippen LogP contribution < -0.4 is 10.6 Å². The van der Waals surface area contributed by atoms with E-state index in [4.69, 9.17) is 4.99 Å². The van der Waals surface area contributed by atoms with Gasteiger partial charge in [-0.05, 0) is 75.8 Å². The second-order valence-electron chi connectivity index (χ2n) is 14.0. The van der Waals surface area contributed by atoms with E-state index in [0.717, 1.165) is 24.2 Å². The van der Waals surface area contributed by atoms with E-state index in [1.54, 1.807) is 5.57 Å². The second kappa shape index (κ2) is 12.1. The van der Waals surface area contributed by atoms with E-state index in [1.807, 2.05) is 0 Å². The van der Waals surface area contributed by atoms with Gasteiger partial charge in [0.15, 0.2) is 0 Å². The quantitative estimate of drug-likeness (QED) is 0.153. The van der Waals surface area contributed by atoms with E-state index >= 15 is 0 Å². The van der Waals surface area contributed by atoms with E-state index in [-0.39, 0.29) is 11.5 Å². The molecule has 0 saturated carbocycles. The average Bonchev–Trinajstić information content (AvgIpc) is 3.88. The summed E-state index contributed by atoms with van der Waals surface area (Å²) >= 11 is 0. The zero-order valence-electron chi connectivity index (χ0n) is 27.6. The summed E-state index contributed by atoms with van der Waals surface area (Å²) < 4.78 is 0. The Balaban J connectivity index is 1.17. The number of allylic oxidation sites excluding steroid dienone is 7. The molecule has 1 aliphatic heterocycles. The Labute approximate surface area is 279 Å². The lowest BCUT2D eigenvalue weighted by Crippen LogP contribution is -2.20. The minimum atomic E-state index is 0.0102. The number of anilines is 1. The maximum atomic E-state index is 5.35. The topological polar surface area (TPSA) is 46.3 Å². The number of hydrogen-bond acceptors (Lipinski definition) is 3. The SMILES string of the molecule is CC1C=CC2=C(C1)C(C)(C)c1ccc(NC/N=C(/c3cccc(-c4ccccc4)c3)C3NC3C3C=CC=CC3)c(-c3ccccc3)c12. The van der Waals surface area contributed by atoms with Crippen molar-refractivity contribution in [3.63, 3.8) is 0 Å². The maximum absolute atomic E-state index is 5.35. The molecule has 0 radical (unpaired) electrons. The van der Waals surface area contributed by atoms with Crippen LogP contribution in [0.3, 0.4) is 0 Å². The van der Waals surface area contributed by atoms with Crippen LogP contribution in [-0.4, -0.2) is 24.5 Å². The molecule has 0 amide bonds. The van der Waals surface area contributed by atoms with Crippen LogP contribution in [0, 0.1) is 11.8 Å². The highest BCUT2D eigenvalue weighted by molar-refractivity contribution is 6.07. The summed E-state index contributed by atoms with van der Waals surface area (Å²) in [5.74, 6) is 1.05. The molecule has 0 spiro atoms. The van der Waals surface area contributed by atoms with E-state index in [9.17, 15) is 0 Å². The van der Waals surface area contributed by atoms with E-state index < -0.39 is 0 Å². The van der Waals surface area contributed by atoms with Crippen LogP contribution in [0.5, 0.6) is 0 Å². The van der Waals surface area contributed by atoms with Crippen molar-refractivity contribution in [1.29, 1.82) is 0 Å². The fourth-order valence-electron chi connectivity index (χ4n) is 8.01. The van der Waals surface area contributed by atoms with E-state index in [0.29, 0.717) is 24.5 Å². The lowest BCUT2D eigenvalue weighted by atomic mass is 9.76. The molecule has 4 aromatic carbocycles. The van der Waals surface area contributed by atoms with Crippen LogP contribution in [0.1, 0.15) is 50.3 Å². The average molecular weight is 614 g/mol. The van der Waals surface area contributed by atoms with Gasteiger partial charge in [0.1, 0.15) is 6.67 Å². The van der Waals surface area contributed by atoms with Crippen LogP contribution in [0.2, 0.25) is 0 Å². The molecule has 0 bridgehead atoms. The van der Waals surface area contributed by atoms with Gasteiger partial charge in [-0.15, -0.1) is 0 Å². The summed E-state index contributed by atoms with van der Waals surface area (Å²) in [6.07, 6.45) is 15.9. The Morgan fingerprint density at radius 2 is 1.60 bits per heavy atom. The van der Waals surface area contributed by atoms with Gasteiger partial charge in [0.25, 0.3) is 0 Å². The standard InChI is InChI=1S/C44H43N3/c1-29-22-23-35-37(26-29)44(2,3)36-24-25-38(39(40(35)36)31-16-9-5-10-17-31)45-28-46-41(43-42(47-43)32-18-11-6-12-19-32)34-21-13-20-33(27-34)30-14-7-4-8-15-30/h4-18,20-25,27,29,32,42-43,45,47H,19,26,28H2,1-3H3/b46-41-. The van der Waals surface area contributed by atoms with Gasteiger partial charge < -0.3 is 10.6 Å². The third-order valence-corrected chi connectivity index (χ3v) is 10.6. The van der Waals surface area contributed by atoms with Crippen molar-refractivity contribution in [2.24, 2.45) is 16.8 Å². The fraction of sp³-hybridized carbons (Fsp3) is 0.250. The van der Waals surface area contributed by atoms with Gasteiger partial charge in [-0.1, -0.05) is 148 Å². The highest BCUT2D eigenvalue weighted by Crippen LogP contribution is 2.55. The van der Waals surface area contributed by atoms with Crippen LogP contribution in [0.4, 0.5) is 5.69 Å². The predicted octanol–water partition coefficient (Wildman–Crippen LogP) is 9.99. The van der Waals surface area contributed by atoms with Crippen LogP contribution in [0.15, 0.2) is 144 Å². The molecular formula is C44H43N3. The third-order valence-electron chi connectivity index (χ3n) is 10.6. The molecule has 2 N–H and O–H groups in total. The third kappa shape index (κ3) is 5.53. The van der Waals surface area contributed by atoms with Gasteiger partial charge in [0.05, 0.1) is 11.8 Å². The maximum Gasteiger partial charge on any atom is 0.108 e. The van der Waals surface area contributed by atoms with E-state index in [1.165, 1.54) is 44.5 Å². The predicted molar refractivity (Wildman–Crippen MR) is 199 cm³/mol. The van der Waals surface area contributed by atoms with Crippen molar-refractivity contribution < 1.29 is 0 Å². The Kier molecular flexibility index (Phi) is 7.66. The molecule has 4 atom stereocenters. The molecule has 8 rings (SSSR count). The highest BCUT2D eigenvalue weighted by atomic mass is 15.2. The molecule has 3 heteroatoms. The summed E-state index contributed by atoms with van der Waals surface area (Å²) in [6.45, 7) is 7.63. The van der Waals surface area contributed by atoms with Gasteiger partial charge in [0.2, 0.25) is 0 Å². The largest absolute Gasteiger partial charge is 0.366 e. The zero-order chi connectivity index (χ0) is 32.0. The fourth-order valence-corrected chi connectivity index (χ4v) is 8.01. The Morgan fingerprint density at radius 3 is 2.36 bits per heavy atom. The number of benzene rings is 4. The molecular weight excluding hydrogens is 571 g/mol. The van der Waals surface area contributed by atoms with Gasteiger partial charge >= 0.3 is 0 Å². The summed E-state index contributed by atoms with van der Waals surface area (Å²) in [5.41, 5.74) is 14.2. The minimum absolute atomic E-state index is 0.0102. The van der Waals surface area contributed by atoms with Crippen molar-refractivity contribution in [1.82, 2.24) is 5.32 Å². The number of aliphatic imine (C=N–C) groups is 1. The minimum Gasteiger partial charge on any atom is -0.366 e. The molecule has 3 nitrogen and oxygen atoms in total. The second-order valence-corrected chi connectivity index (χ2v) is 14.0. The lowest BCUT2D eigenvalue weighted by molar-refractivity contribution is 0.566. The number of rotatable bonds is 8. The number of nitrogens with zero attached hydrogens (tertiary/aromatic N) is 1. The van der Waals surface area contributed by atoms with Crippen molar-refractivity contribution in [2.45, 2.75) is 51.1 Å². The first-order chi connectivity index (χ1) is 23.0. The number of nitrogens with one attached hydrogen (secondary N) is 2. The van der Waals surface area contributed by atoms with E-state index in [2.05, 4.69) is 165 Å². The summed E-state index contributed by atoms with van der Waals surface area (Å²) in [4.78, 5) is 5.35. The lowest BCUT2D eigenvalue weighted by Gasteiger charge is -2.27. The summed E-state index contributed by atoms with van der Waals surface area (Å²) in [7, 11) is 0. The molecule has 47 heavy (non-hydrogen) atoms. The molecule has 0 aromatic heterocycles. The molecule has 1 heterocycles. The Morgan fingerprint density at radius 1 is 0.830 bits per heavy atom. The monoisotopic (exact) mass is 613 g/mol. The molecule has 234 valence electrons. The Hall–Kier alpha value is -4.73. The molecule has 1 saturated heterocycles. The first kappa shape index (κ1) is 29.7. The molecule has 1 fully saturated rings. The number of fused-ring (bicyclic) bond motifs is 2. The number of hydrogen-bond donors (Lipinski definition) is 2. The Bertz CT molecular complexity index is 1960. The zero-order valence-corrected chi connectivity index (χ0v) is 27.6. The van der Waals surface area contributed by atoms with Crippen molar-refractivity contribution in [3.8, 4) is 22.3 Å². The normalized spacial score (nSPS) is 23.9. The van der Waals surface area contributed by atoms with Crippen LogP contribution in [-0.2, 0) is 5.41 Å². The first-order valence-electron chi connectivity index (χ1n) is 17.2. The first-order valence-corrected chi connectivity index (χ1v) is 17.2. The molecule has 3 aliphatic carbocycles. The summed E-state index contributed by atoms with van der Waals surface area (Å²) in [6, 6.07) is 35.7.